The van der Waals surface area contributed by atoms with Crippen molar-refractivity contribution in [3.63, 3.8) is 0 Å². The molecule has 2 aromatic rings. The highest BCUT2D eigenvalue weighted by atomic mass is 16.1. The molecule has 0 saturated carbocycles. The molecular weight excluding hydrogens is 212 g/mol. The second kappa shape index (κ2) is 5.16. The lowest BCUT2D eigenvalue weighted by atomic mass is 10.1. The average molecular weight is 225 g/mol. The maximum atomic E-state index is 11.2. The largest absolute Gasteiger partial charge is 0.375 e. The van der Waals surface area contributed by atoms with Crippen LogP contribution in [0.15, 0.2) is 54.6 Å². The number of anilines is 1. The zero-order valence-corrected chi connectivity index (χ0v) is 9.26. The van der Waals surface area contributed by atoms with Crippen molar-refractivity contribution in [2.24, 2.45) is 5.73 Å². The minimum absolute atomic E-state index is 0.436. The number of nitrogens with two attached hydrogens (primary N) is 1. The van der Waals surface area contributed by atoms with Crippen molar-refractivity contribution in [1.82, 2.24) is 0 Å². The highest BCUT2D eigenvalue weighted by molar-refractivity contribution is 5.98. The third-order valence-corrected chi connectivity index (χ3v) is 2.39. The normalized spacial score (nSPS) is 9.88. The molecule has 0 saturated heterocycles. The van der Waals surface area contributed by atoms with E-state index in [-0.39, 0.29) is 0 Å². The van der Waals surface area contributed by atoms with E-state index in [1.54, 1.807) is 12.1 Å². The Morgan fingerprint density at radius 2 is 1.65 bits per heavy atom. The first-order valence-corrected chi connectivity index (χ1v) is 5.31. The smallest absolute Gasteiger partial charge is 0.250 e. The Bertz CT molecular complexity index is 509. The van der Waals surface area contributed by atoms with Gasteiger partial charge in [0.25, 0.3) is 5.91 Å². The van der Waals surface area contributed by atoms with Gasteiger partial charge in [-0.2, -0.15) is 0 Å². The van der Waals surface area contributed by atoms with E-state index < -0.39 is 5.91 Å². The number of para-hydroxylation sites is 1. The Morgan fingerprint density at radius 1 is 1.00 bits per heavy atom. The maximum absolute atomic E-state index is 11.2. The van der Waals surface area contributed by atoms with Crippen molar-refractivity contribution in [3.8, 4) is 0 Å². The third-order valence-electron chi connectivity index (χ3n) is 2.39. The van der Waals surface area contributed by atoms with E-state index in [0.29, 0.717) is 11.3 Å². The Balaban J connectivity index is 2.12. The van der Waals surface area contributed by atoms with Crippen molar-refractivity contribution in [3.05, 3.63) is 72.3 Å². The topological polar surface area (TPSA) is 55.1 Å². The third kappa shape index (κ3) is 2.84. The van der Waals surface area contributed by atoms with E-state index in [4.69, 9.17) is 5.73 Å². The summed E-state index contributed by atoms with van der Waals surface area (Å²) in [6.45, 7) is 1.84. The molecule has 0 aliphatic rings. The zero-order valence-electron chi connectivity index (χ0n) is 9.26. The number of primary amides is 1. The number of hydrogen-bond acceptors (Lipinski definition) is 2. The van der Waals surface area contributed by atoms with Crippen molar-refractivity contribution in [2.45, 2.75) is 0 Å². The fourth-order valence-electron chi connectivity index (χ4n) is 1.53. The fraction of sp³-hybridized carbons (Fsp3) is 0. The fourth-order valence-corrected chi connectivity index (χ4v) is 1.53. The Morgan fingerprint density at radius 3 is 2.35 bits per heavy atom. The monoisotopic (exact) mass is 225 g/mol. The summed E-state index contributed by atoms with van der Waals surface area (Å²) in [4.78, 5) is 11.2. The average Bonchev–Trinajstić information content (AvgIpc) is 2.38. The molecule has 0 spiro atoms. The second-order valence-electron chi connectivity index (χ2n) is 3.61. The molecule has 2 aromatic carbocycles. The molecule has 0 aromatic heterocycles. The second-order valence-corrected chi connectivity index (χ2v) is 3.61. The summed E-state index contributed by atoms with van der Waals surface area (Å²) < 4.78 is 0. The first-order chi connectivity index (χ1) is 8.27. The SMILES string of the molecule is NC(=O)c1ccccc1N[CH]c1ccccc1. The lowest BCUT2D eigenvalue weighted by Gasteiger charge is -2.09. The van der Waals surface area contributed by atoms with Crippen molar-refractivity contribution < 1.29 is 4.79 Å². The van der Waals surface area contributed by atoms with Crippen LogP contribution in [0.1, 0.15) is 15.9 Å². The van der Waals surface area contributed by atoms with Gasteiger partial charge in [-0.15, -0.1) is 0 Å². The van der Waals surface area contributed by atoms with Crippen LogP contribution in [-0.4, -0.2) is 5.91 Å². The molecule has 85 valence electrons. The summed E-state index contributed by atoms with van der Waals surface area (Å²) in [7, 11) is 0. The van der Waals surface area contributed by atoms with Crippen molar-refractivity contribution >= 4 is 11.6 Å². The van der Waals surface area contributed by atoms with Crippen molar-refractivity contribution in [1.29, 1.82) is 0 Å². The molecule has 3 nitrogen and oxygen atoms in total. The number of rotatable bonds is 4. The standard InChI is InChI=1S/C14H13N2O/c15-14(17)12-8-4-5-9-13(12)16-10-11-6-2-1-3-7-11/h1-10,16H,(H2,15,17). The van der Waals surface area contributed by atoms with Crippen molar-refractivity contribution in [2.75, 3.05) is 5.32 Å². The molecule has 2 rings (SSSR count). The molecule has 0 fully saturated rings. The molecular formula is C14H13N2O. The molecule has 0 atom stereocenters. The van der Waals surface area contributed by atoms with E-state index in [1.807, 2.05) is 49.0 Å². The number of hydrogen-bond donors (Lipinski definition) is 2. The van der Waals surface area contributed by atoms with Crippen LogP contribution in [0.5, 0.6) is 0 Å². The summed E-state index contributed by atoms with van der Waals surface area (Å²) in [5.41, 5.74) is 7.52. The van der Waals surface area contributed by atoms with Gasteiger partial charge in [0, 0.05) is 5.69 Å². The first-order valence-electron chi connectivity index (χ1n) is 5.31. The minimum Gasteiger partial charge on any atom is -0.375 e. The van der Waals surface area contributed by atoms with E-state index >= 15 is 0 Å². The van der Waals surface area contributed by atoms with Gasteiger partial charge < -0.3 is 11.1 Å². The minimum atomic E-state index is -0.436. The van der Waals surface area contributed by atoms with Crippen LogP contribution in [0.2, 0.25) is 0 Å². The summed E-state index contributed by atoms with van der Waals surface area (Å²) >= 11 is 0. The molecule has 0 heterocycles. The van der Waals surface area contributed by atoms with Crippen LogP contribution in [0.4, 0.5) is 5.69 Å². The van der Waals surface area contributed by atoms with E-state index in [9.17, 15) is 4.79 Å². The summed E-state index contributed by atoms with van der Waals surface area (Å²) in [6, 6.07) is 17.0. The predicted molar refractivity (Wildman–Crippen MR) is 68.4 cm³/mol. The molecule has 1 radical (unpaired) electrons. The maximum Gasteiger partial charge on any atom is 0.250 e. The first kappa shape index (κ1) is 11.2. The van der Waals surface area contributed by atoms with Crippen LogP contribution >= 0.6 is 0 Å². The number of benzene rings is 2. The number of amides is 1. The van der Waals surface area contributed by atoms with Gasteiger partial charge in [-0.3, -0.25) is 4.79 Å². The van der Waals surface area contributed by atoms with Crippen LogP contribution < -0.4 is 11.1 Å². The molecule has 0 unspecified atom stereocenters. The number of carbonyl (C=O) groups is 1. The van der Waals surface area contributed by atoms with Gasteiger partial charge in [0.15, 0.2) is 0 Å². The van der Waals surface area contributed by atoms with Gasteiger partial charge in [-0.1, -0.05) is 42.5 Å². The Labute approximate surface area is 100 Å². The summed E-state index contributed by atoms with van der Waals surface area (Å²) in [5, 5.41) is 3.09. The van der Waals surface area contributed by atoms with Gasteiger partial charge in [0.1, 0.15) is 0 Å². The van der Waals surface area contributed by atoms with Gasteiger partial charge in [-0.25, -0.2) is 0 Å². The van der Waals surface area contributed by atoms with E-state index in [2.05, 4.69) is 5.32 Å². The quantitative estimate of drug-likeness (QED) is 0.839. The number of carbonyl (C=O) groups excluding carboxylic acids is 1. The van der Waals surface area contributed by atoms with Gasteiger partial charge in [0.2, 0.25) is 0 Å². The summed E-state index contributed by atoms with van der Waals surface area (Å²) in [5.74, 6) is -0.436. The van der Waals surface area contributed by atoms with E-state index in [1.165, 1.54) is 0 Å². The van der Waals surface area contributed by atoms with Crippen LogP contribution in [0.3, 0.4) is 0 Å². The zero-order chi connectivity index (χ0) is 12.1. The lowest BCUT2D eigenvalue weighted by Crippen LogP contribution is -2.13. The molecule has 3 heteroatoms. The molecule has 3 N–H and O–H groups in total. The molecule has 0 aliphatic heterocycles. The van der Waals surface area contributed by atoms with Gasteiger partial charge in [-0.05, 0) is 17.7 Å². The predicted octanol–water partition coefficient (Wildman–Crippen LogP) is 2.41. The Hall–Kier alpha value is -2.29. The molecule has 1 amide bonds. The van der Waals surface area contributed by atoms with Crippen LogP contribution in [0, 0.1) is 6.54 Å². The molecule has 17 heavy (non-hydrogen) atoms. The van der Waals surface area contributed by atoms with Crippen LogP contribution in [-0.2, 0) is 0 Å². The lowest BCUT2D eigenvalue weighted by molar-refractivity contribution is 0.100. The highest BCUT2D eigenvalue weighted by Gasteiger charge is 2.06. The highest BCUT2D eigenvalue weighted by Crippen LogP contribution is 2.16. The molecule has 0 aliphatic carbocycles. The molecule has 0 bridgehead atoms. The summed E-state index contributed by atoms with van der Waals surface area (Å²) in [6.07, 6.45) is 0. The number of nitrogens with one attached hydrogen (secondary N) is 1. The Kier molecular flexibility index (Phi) is 3.40. The van der Waals surface area contributed by atoms with Gasteiger partial charge >= 0.3 is 0 Å². The van der Waals surface area contributed by atoms with E-state index in [0.717, 1.165) is 5.56 Å². The van der Waals surface area contributed by atoms with Gasteiger partial charge in [0.05, 0.1) is 12.1 Å². The van der Waals surface area contributed by atoms with Crippen LogP contribution in [0.25, 0.3) is 0 Å².